The first-order chi connectivity index (χ1) is 13.6. The molecular weight excluding hydrogens is 348 g/mol. The lowest BCUT2D eigenvalue weighted by molar-refractivity contribution is 0.102. The average molecular weight is 374 g/mol. The number of hydrogen-bond donors (Lipinski definition) is 1. The van der Waals surface area contributed by atoms with Gasteiger partial charge in [0.25, 0.3) is 5.91 Å². The van der Waals surface area contributed by atoms with Gasteiger partial charge in [-0.05, 0) is 87.7 Å². The number of hydrogen-bond acceptors (Lipinski definition) is 3. The van der Waals surface area contributed by atoms with Crippen molar-refractivity contribution in [2.45, 2.75) is 33.1 Å². The van der Waals surface area contributed by atoms with Gasteiger partial charge in [0.1, 0.15) is 0 Å². The Balaban J connectivity index is 1.42. The lowest BCUT2D eigenvalue weighted by Gasteiger charge is -2.28. The van der Waals surface area contributed by atoms with E-state index in [1.54, 1.807) is 0 Å². The molecule has 1 saturated heterocycles. The molecule has 3 aromatic rings. The molecule has 0 aliphatic carbocycles. The van der Waals surface area contributed by atoms with Crippen molar-refractivity contribution in [1.29, 1.82) is 0 Å². The monoisotopic (exact) mass is 374 g/mol. The fourth-order valence-electron chi connectivity index (χ4n) is 3.76. The van der Waals surface area contributed by atoms with Crippen LogP contribution in [0, 0.1) is 13.8 Å². The van der Waals surface area contributed by atoms with E-state index in [1.807, 2.05) is 61.0 Å². The molecule has 0 radical (unpaired) electrons. The minimum absolute atomic E-state index is 0.106. The standard InChI is InChI=1S/C23H26N4O/c1-17-16-18(2)27(25-17)22-10-6-19(7-11-22)23(28)24-20-8-12-21(13-9-20)26-14-4-3-5-15-26/h6-13,16H,3-5,14-15H2,1-2H3,(H,24,28). The summed E-state index contributed by atoms with van der Waals surface area (Å²) >= 11 is 0. The first-order valence-electron chi connectivity index (χ1n) is 9.90. The number of aromatic nitrogens is 2. The normalized spacial score (nSPS) is 14.1. The molecule has 5 heteroatoms. The zero-order valence-electron chi connectivity index (χ0n) is 16.5. The Morgan fingerprint density at radius 3 is 2.14 bits per heavy atom. The second kappa shape index (κ2) is 7.89. The van der Waals surface area contributed by atoms with Gasteiger partial charge in [-0.3, -0.25) is 4.79 Å². The molecule has 1 fully saturated rings. The van der Waals surface area contributed by atoms with Gasteiger partial charge in [0.2, 0.25) is 0 Å². The number of amides is 1. The molecule has 2 heterocycles. The van der Waals surface area contributed by atoms with E-state index in [0.717, 1.165) is 35.9 Å². The predicted molar refractivity (Wildman–Crippen MR) is 113 cm³/mol. The third kappa shape index (κ3) is 3.93. The molecule has 0 bridgehead atoms. The molecule has 2 aromatic carbocycles. The SMILES string of the molecule is Cc1cc(C)n(-c2ccc(C(=O)Nc3ccc(N4CCCCC4)cc3)cc2)n1. The van der Waals surface area contributed by atoms with Gasteiger partial charge in [-0.25, -0.2) is 4.68 Å². The van der Waals surface area contributed by atoms with Crippen molar-refractivity contribution < 1.29 is 4.79 Å². The number of carbonyl (C=O) groups excluding carboxylic acids is 1. The summed E-state index contributed by atoms with van der Waals surface area (Å²) in [6, 6.07) is 17.7. The maximum atomic E-state index is 12.6. The first kappa shape index (κ1) is 18.3. The van der Waals surface area contributed by atoms with Crippen LogP contribution in [0.2, 0.25) is 0 Å². The largest absolute Gasteiger partial charge is 0.372 e. The van der Waals surface area contributed by atoms with Gasteiger partial charge >= 0.3 is 0 Å². The fraction of sp³-hybridized carbons (Fsp3) is 0.304. The van der Waals surface area contributed by atoms with E-state index < -0.39 is 0 Å². The molecule has 1 amide bonds. The maximum Gasteiger partial charge on any atom is 0.255 e. The molecule has 0 unspecified atom stereocenters. The minimum atomic E-state index is -0.106. The summed E-state index contributed by atoms with van der Waals surface area (Å²) in [6.45, 7) is 6.23. The van der Waals surface area contributed by atoms with E-state index in [4.69, 9.17) is 0 Å². The number of nitrogens with zero attached hydrogens (tertiary/aromatic N) is 3. The van der Waals surface area contributed by atoms with Crippen molar-refractivity contribution >= 4 is 17.3 Å². The fourth-order valence-corrected chi connectivity index (χ4v) is 3.76. The zero-order valence-corrected chi connectivity index (χ0v) is 16.5. The highest BCUT2D eigenvalue weighted by Gasteiger charge is 2.12. The highest BCUT2D eigenvalue weighted by Crippen LogP contribution is 2.22. The van der Waals surface area contributed by atoms with Gasteiger partial charge in [0, 0.05) is 35.7 Å². The molecule has 0 atom stereocenters. The summed E-state index contributed by atoms with van der Waals surface area (Å²) in [5.41, 5.74) is 5.68. The van der Waals surface area contributed by atoms with E-state index in [0.29, 0.717) is 5.56 Å². The number of nitrogens with one attached hydrogen (secondary N) is 1. The van der Waals surface area contributed by atoms with Crippen LogP contribution in [0.1, 0.15) is 41.0 Å². The van der Waals surface area contributed by atoms with Gasteiger partial charge in [0.05, 0.1) is 11.4 Å². The summed E-state index contributed by atoms with van der Waals surface area (Å²) in [4.78, 5) is 15.0. The van der Waals surface area contributed by atoms with E-state index in [-0.39, 0.29) is 5.91 Å². The molecule has 1 N–H and O–H groups in total. The average Bonchev–Trinajstić information content (AvgIpc) is 3.07. The van der Waals surface area contributed by atoms with Crippen LogP contribution < -0.4 is 10.2 Å². The van der Waals surface area contributed by atoms with Crippen molar-refractivity contribution in [3.63, 3.8) is 0 Å². The Morgan fingerprint density at radius 2 is 1.54 bits per heavy atom. The summed E-state index contributed by atoms with van der Waals surface area (Å²) < 4.78 is 1.89. The maximum absolute atomic E-state index is 12.6. The Kier molecular flexibility index (Phi) is 5.15. The summed E-state index contributed by atoms with van der Waals surface area (Å²) in [5, 5.41) is 7.46. The van der Waals surface area contributed by atoms with Crippen LogP contribution in [0.15, 0.2) is 54.6 Å². The number of aryl methyl sites for hydroxylation is 2. The third-order valence-electron chi connectivity index (χ3n) is 5.23. The van der Waals surface area contributed by atoms with Crippen LogP contribution in [0.3, 0.4) is 0 Å². The lowest BCUT2D eigenvalue weighted by atomic mass is 10.1. The molecule has 1 aromatic heterocycles. The van der Waals surface area contributed by atoms with Crippen LogP contribution in [0.5, 0.6) is 0 Å². The van der Waals surface area contributed by atoms with E-state index in [9.17, 15) is 4.79 Å². The van der Waals surface area contributed by atoms with Gasteiger partial charge in [-0.15, -0.1) is 0 Å². The second-order valence-electron chi connectivity index (χ2n) is 7.43. The molecule has 4 rings (SSSR count). The molecule has 1 aliphatic heterocycles. The van der Waals surface area contributed by atoms with Gasteiger partial charge < -0.3 is 10.2 Å². The van der Waals surface area contributed by atoms with Crippen molar-refractivity contribution in [2.24, 2.45) is 0 Å². The van der Waals surface area contributed by atoms with Crippen molar-refractivity contribution in [1.82, 2.24) is 9.78 Å². The first-order valence-corrected chi connectivity index (χ1v) is 9.90. The highest BCUT2D eigenvalue weighted by molar-refractivity contribution is 6.04. The number of anilines is 2. The predicted octanol–water partition coefficient (Wildman–Crippen LogP) is 4.73. The highest BCUT2D eigenvalue weighted by atomic mass is 16.1. The van der Waals surface area contributed by atoms with Crippen LogP contribution >= 0.6 is 0 Å². The molecule has 5 nitrogen and oxygen atoms in total. The Morgan fingerprint density at radius 1 is 0.893 bits per heavy atom. The number of piperidine rings is 1. The zero-order chi connectivity index (χ0) is 19.5. The van der Waals surface area contributed by atoms with Gasteiger partial charge in [0.15, 0.2) is 0 Å². The van der Waals surface area contributed by atoms with Crippen LogP contribution in [0.4, 0.5) is 11.4 Å². The van der Waals surface area contributed by atoms with E-state index >= 15 is 0 Å². The van der Waals surface area contributed by atoms with Crippen LogP contribution in [-0.2, 0) is 0 Å². The summed E-state index contributed by atoms with van der Waals surface area (Å²) in [7, 11) is 0. The van der Waals surface area contributed by atoms with E-state index in [1.165, 1.54) is 24.9 Å². The molecule has 1 aliphatic rings. The van der Waals surface area contributed by atoms with Crippen LogP contribution in [0.25, 0.3) is 5.69 Å². The molecule has 0 saturated carbocycles. The summed E-state index contributed by atoms with van der Waals surface area (Å²) in [5.74, 6) is -0.106. The Hall–Kier alpha value is -3.08. The minimum Gasteiger partial charge on any atom is -0.372 e. The van der Waals surface area contributed by atoms with Crippen molar-refractivity contribution in [3.05, 3.63) is 71.5 Å². The van der Waals surface area contributed by atoms with Gasteiger partial charge in [-0.1, -0.05) is 0 Å². The van der Waals surface area contributed by atoms with Gasteiger partial charge in [-0.2, -0.15) is 5.10 Å². The summed E-state index contributed by atoms with van der Waals surface area (Å²) in [6.07, 6.45) is 3.83. The number of rotatable bonds is 4. The smallest absolute Gasteiger partial charge is 0.255 e. The third-order valence-corrected chi connectivity index (χ3v) is 5.23. The number of benzene rings is 2. The topological polar surface area (TPSA) is 50.2 Å². The molecule has 0 spiro atoms. The molecule has 144 valence electrons. The quantitative estimate of drug-likeness (QED) is 0.718. The molecular formula is C23H26N4O. The van der Waals surface area contributed by atoms with Crippen molar-refractivity contribution in [3.8, 4) is 5.69 Å². The van der Waals surface area contributed by atoms with Crippen LogP contribution in [-0.4, -0.2) is 28.8 Å². The molecule has 28 heavy (non-hydrogen) atoms. The van der Waals surface area contributed by atoms with Crippen molar-refractivity contribution in [2.75, 3.05) is 23.3 Å². The lowest BCUT2D eigenvalue weighted by Crippen LogP contribution is -2.29. The van der Waals surface area contributed by atoms with E-state index in [2.05, 4.69) is 27.4 Å². The number of carbonyl (C=O) groups is 1. The Bertz CT molecular complexity index is 951. The Labute approximate surface area is 166 Å². The second-order valence-corrected chi connectivity index (χ2v) is 7.43.